The van der Waals surface area contributed by atoms with E-state index in [1.807, 2.05) is 31.2 Å². The first-order valence-electron chi connectivity index (χ1n) is 6.25. The highest BCUT2D eigenvalue weighted by Gasteiger charge is 2.13. The van der Waals surface area contributed by atoms with E-state index in [0.29, 0.717) is 5.75 Å². The zero-order chi connectivity index (χ0) is 14.3. The lowest BCUT2D eigenvalue weighted by atomic mass is 10.1. The molecule has 0 heterocycles. The fraction of sp³-hybridized carbons (Fsp3) is 0.400. The van der Waals surface area contributed by atoms with Gasteiger partial charge in [0.1, 0.15) is 5.75 Å². The first-order chi connectivity index (χ1) is 9.02. The van der Waals surface area contributed by atoms with Crippen molar-refractivity contribution in [3.63, 3.8) is 0 Å². The Morgan fingerprint density at radius 1 is 1.53 bits per heavy atom. The van der Waals surface area contributed by atoms with Crippen molar-refractivity contribution < 1.29 is 9.53 Å². The second-order valence-corrected chi connectivity index (χ2v) is 4.51. The summed E-state index contributed by atoms with van der Waals surface area (Å²) in [6.07, 6.45) is 5.27. The van der Waals surface area contributed by atoms with E-state index in [4.69, 9.17) is 16.9 Å². The molecule has 0 fully saturated rings. The molecule has 4 nitrogen and oxygen atoms in total. The number of nitrogens with two attached hydrogens (primary N) is 1. The summed E-state index contributed by atoms with van der Waals surface area (Å²) in [7, 11) is 0. The van der Waals surface area contributed by atoms with E-state index in [1.54, 1.807) is 6.92 Å². The highest BCUT2D eigenvalue weighted by Crippen LogP contribution is 2.16. The molecule has 19 heavy (non-hydrogen) atoms. The molecule has 0 bridgehead atoms. The van der Waals surface area contributed by atoms with Crippen LogP contribution in [0, 0.1) is 12.3 Å². The SMILES string of the molecule is C#CCNC(=O)C(C)Oc1cccc(CC(C)N)c1. The van der Waals surface area contributed by atoms with E-state index >= 15 is 0 Å². The van der Waals surface area contributed by atoms with Crippen molar-refractivity contribution >= 4 is 5.91 Å². The summed E-state index contributed by atoms with van der Waals surface area (Å²) in [6.45, 7) is 3.84. The Balaban J connectivity index is 2.61. The normalized spacial score (nSPS) is 13.2. The van der Waals surface area contributed by atoms with E-state index in [2.05, 4.69) is 11.2 Å². The van der Waals surface area contributed by atoms with Gasteiger partial charge in [0.25, 0.3) is 5.91 Å². The lowest BCUT2D eigenvalue weighted by Crippen LogP contribution is -2.36. The molecule has 0 saturated carbocycles. The molecular weight excluding hydrogens is 240 g/mol. The molecular formula is C15H20N2O2. The van der Waals surface area contributed by atoms with E-state index in [-0.39, 0.29) is 18.5 Å². The third-order valence-corrected chi connectivity index (χ3v) is 2.50. The fourth-order valence-electron chi connectivity index (χ4n) is 1.66. The monoisotopic (exact) mass is 260 g/mol. The summed E-state index contributed by atoms with van der Waals surface area (Å²) in [5.41, 5.74) is 6.84. The van der Waals surface area contributed by atoms with Crippen LogP contribution >= 0.6 is 0 Å². The summed E-state index contributed by atoms with van der Waals surface area (Å²) in [5, 5.41) is 2.58. The van der Waals surface area contributed by atoms with Gasteiger partial charge in [-0.2, -0.15) is 0 Å². The van der Waals surface area contributed by atoms with Crippen molar-refractivity contribution in [2.24, 2.45) is 5.73 Å². The lowest BCUT2D eigenvalue weighted by molar-refractivity contribution is -0.126. The average molecular weight is 260 g/mol. The van der Waals surface area contributed by atoms with Crippen molar-refractivity contribution in [1.29, 1.82) is 0 Å². The van der Waals surface area contributed by atoms with Gasteiger partial charge in [-0.25, -0.2) is 0 Å². The number of amides is 1. The first-order valence-corrected chi connectivity index (χ1v) is 6.25. The minimum absolute atomic E-state index is 0.0894. The lowest BCUT2D eigenvalue weighted by Gasteiger charge is -2.15. The quantitative estimate of drug-likeness (QED) is 0.753. The number of terminal acetylenes is 1. The number of ether oxygens (including phenoxy) is 1. The topological polar surface area (TPSA) is 64.3 Å². The number of benzene rings is 1. The van der Waals surface area contributed by atoms with Gasteiger partial charge in [-0.3, -0.25) is 4.79 Å². The minimum Gasteiger partial charge on any atom is -0.481 e. The van der Waals surface area contributed by atoms with Gasteiger partial charge in [0.05, 0.1) is 6.54 Å². The maximum atomic E-state index is 11.6. The largest absolute Gasteiger partial charge is 0.481 e. The summed E-state index contributed by atoms with van der Waals surface area (Å²) >= 11 is 0. The Kier molecular flexibility index (Phi) is 5.91. The van der Waals surface area contributed by atoms with Crippen molar-refractivity contribution in [3.8, 4) is 18.1 Å². The maximum absolute atomic E-state index is 11.6. The second-order valence-electron chi connectivity index (χ2n) is 4.51. The Hall–Kier alpha value is -1.99. The molecule has 4 heteroatoms. The summed E-state index contributed by atoms with van der Waals surface area (Å²) in [4.78, 5) is 11.6. The van der Waals surface area contributed by atoms with Gasteiger partial charge >= 0.3 is 0 Å². The molecule has 2 unspecified atom stereocenters. The third-order valence-electron chi connectivity index (χ3n) is 2.50. The van der Waals surface area contributed by atoms with Crippen LogP contribution in [0.4, 0.5) is 0 Å². The molecule has 3 N–H and O–H groups in total. The van der Waals surface area contributed by atoms with Crippen LogP contribution < -0.4 is 15.8 Å². The summed E-state index contributed by atoms with van der Waals surface area (Å²) in [5.74, 6) is 2.77. The first kappa shape index (κ1) is 15.1. The standard InChI is InChI=1S/C15H20N2O2/c1-4-8-17-15(18)12(3)19-14-7-5-6-13(10-14)9-11(2)16/h1,5-7,10-12H,8-9,16H2,2-3H3,(H,17,18). The number of carbonyl (C=O) groups is 1. The summed E-state index contributed by atoms with van der Waals surface area (Å²) in [6, 6.07) is 7.68. The number of hydrogen-bond donors (Lipinski definition) is 2. The highest BCUT2D eigenvalue weighted by atomic mass is 16.5. The molecule has 0 radical (unpaired) electrons. The van der Waals surface area contributed by atoms with Gasteiger partial charge < -0.3 is 15.8 Å². The molecule has 2 atom stereocenters. The molecule has 0 saturated heterocycles. The number of rotatable bonds is 6. The van der Waals surface area contributed by atoms with Crippen molar-refractivity contribution in [1.82, 2.24) is 5.32 Å². The van der Waals surface area contributed by atoms with Gasteiger partial charge in [0.2, 0.25) is 0 Å². The molecule has 0 aliphatic rings. The van der Waals surface area contributed by atoms with E-state index in [9.17, 15) is 4.79 Å². The number of carbonyl (C=O) groups excluding carboxylic acids is 1. The van der Waals surface area contributed by atoms with Gasteiger partial charge in [0, 0.05) is 6.04 Å². The van der Waals surface area contributed by atoms with Crippen LogP contribution in [0.15, 0.2) is 24.3 Å². The highest BCUT2D eigenvalue weighted by molar-refractivity contribution is 5.80. The molecule has 102 valence electrons. The Morgan fingerprint density at radius 3 is 2.89 bits per heavy atom. The molecule has 1 rings (SSSR count). The van der Waals surface area contributed by atoms with Crippen molar-refractivity contribution in [2.45, 2.75) is 32.4 Å². The predicted molar refractivity (Wildman–Crippen MR) is 75.7 cm³/mol. The predicted octanol–water partition coefficient (Wildman–Crippen LogP) is 1.09. The van der Waals surface area contributed by atoms with Crippen LogP contribution in [0.25, 0.3) is 0 Å². The van der Waals surface area contributed by atoms with Crippen molar-refractivity contribution in [3.05, 3.63) is 29.8 Å². The Morgan fingerprint density at radius 2 is 2.26 bits per heavy atom. The molecule has 1 aromatic carbocycles. The Bertz CT molecular complexity index is 463. The van der Waals surface area contributed by atoms with Crippen LogP contribution in [0.1, 0.15) is 19.4 Å². The van der Waals surface area contributed by atoms with Crippen LogP contribution in [-0.4, -0.2) is 24.6 Å². The zero-order valence-corrected chi connectivity index (χ0v) is 11.3. The van der Waals surface area contributed by atoms with Crippen LogP contribution in [-0.2, 0) is 11.2 Å². The molecule has 0 aliphatic heterocycles. The number of hydrogen-bond acceptors (Lipinski definition) is 3. The minimum atomic E-state index is -0.584. The molecule has 0 aromatic heterocycles. The molecule has 1 amide bonds. The smallest absolute Gasteiger partial charge is 0.261 e. The Labute approximate surface area is 114 Å². The molecule has 1 aromatic rings. The van der Waals surface area contributed by atoms with Crippen LogP contribution in [0.2, 0.25) is 0 Å². The second kappa shape index (κ2) is 7.45. The zero-order valence-electron chi connectivity index (χ0n) is 11.3. The van der Waals surface area contributed by atoms with Gasteiger partial charge in [-0.05, 0) is 38.0 Å². The van der Waals surface area contributed by atoms with Gasteiger partial charge in [-0.1, -0.05) is 18.1 Å². The maximum Gasteiger partial charge on any atom is 0.261 e. The van der Waals surface area contributed by atoms with Gasteiger partial charge in [-0.15, -0.1) is 6.42 Å². The third kappa shape index (κ3) is 5.45. The van der Waals surface area contributed by atoms with E-state index in [0.717, 1.165) is 12.0 Å². The van der Waals surface area contributed by atoms with Crippen LogP contribution in [0.5, 0.6) is 5.75 Å². The van der Waals surface area contributed by atoms with E-state index in [1.165, 1.54) is 0 Å². The van der Waals surface area contributed by atoms with Crippen molar-refractivity contribution in [2.75, 3.05) is 6.54 Å². The van der Waals surface area contributed by atoms with Crippen LogP contribution in [0.3, 0.4) is 0 Å². The number of nitrogens with one attached hydrogen (secondary N) is 1. The molecule has 0 aliphatic carbocycles. The molecule has 0 spiro atoms. The summed E-state index contributed by atoms with van der Waals surface area (Å²) < 4.78 is 5.57. The fourth-order valence-corrected chi connectivity index (χ4v) is 1.66. The van der Waals surface area contributed by atoms with E-state index < -0.39 is 6.10 Å². The average Bonchev–Trinajstić information content (AvgIpc) is 2.35. The van der Waals surface area contributed by atoms with Gasteiger partial charge in [0.15, 0.2) is 6.10 Å².